The predicted octanol–water partition coefficient (Wildman–Crippen LogP) is 1.92. The summed E-state index contributed by atoms with van der Waals surface area (Å²) in [7, 11) is 1.53. The molecule has 0 saturated heterocycles. The Labute approximate surface area is 105 Å². The molecular formula is C11H19N3O2S. The van der Waals surface area contributed by atoms with Crippen LogP contribution in [0.1, 0.15) is 38.9 Å². The maximum Gasteiger partial charge on any atom is 0.258 e. The number of amides is 1. The smallest absolute Gasteiger partial charge is 0.258 e. The summed E-state index contributed by atoms with van der Waals surface area (Å²) in [5, 5.41) is 5.15. The van der Waals surface area contributed by atoms with Gasteiger partial charge in [0.25, 0.3) is 5.91 Å². The number of nitrogens with one attached hydrogen (secondary N) is 1. The molecule has 3 N–H and O–H groups in total. The molecule has 1 amide bonds. The van der Waals surface area contributed by atoms with Crippen molar-refractivity contribution in [1.29, 1.82) is 0 Å². The molecule has 0 aliphatic carbocycles. The Hall–Kier alpha value is -0.980. The average Bonchev–Trinajstić information content (AvgIpc) is 2.76. The first-order valence-electron chi connectivity index (χ1n) is 5.50. The maximum absolute atomic E-state index is 12.0. The molecule has 0 radical (unpaired) electrons. The summed E-state index contributed by atoms with van der Waals surface area (Å²) in [6.45, 7) is 5.51. The molecule has 0 aliphatic rings. The monoisotopic (exact) mass is 257 g/mol. The second-order valence-corrected chi connectivity index (χ2v) is 4.97. The Morgan fingerprint density at radius 1 is 1.76 bits per heavy atom. The molecule has 17 heavy (non-hydrogen) atoms. The maximum atomic E-state index is 12.0. The topological polar surface area (TPSA) is 77.2 Å². The normalized spacial score (nSPS) is 16.3. The summed E-state index contributed by atoms with van der Waals surface area (Å²) >= 11 is 1.36. The number of hydrogen-bond donors (Lipinski definition) is 2. The van der Waals surface area contributed by atoms with E-state index in [0.717, 1.165) is 5.69 Å². The van der Waals surface area contributed by atoms with Crippen molar-refractivity contribution >= 4 is 22.4 Å². The molecule has 5 nitrogen and oxygen atoms in total. The summed E-state index contributed by atoms with van der Waals surface area (Å²) < 4.78 is 5.22. The van der Waals surface area contributed by atoms with Crippen LogP contribution in [0.4, 0.5) is 5.13 Å². The van der Waals surface area contributed by atoms with Crippen molar-refractivity contribution in [1.82, 2.24) is 4.98 Å². The van der Waals surface area contributed by atoms with E-state index in [1.807, 2.05) is 19.2 Å². The molecule has 1 aromatic heterocycles. The second-order valence-electron chi connectivity index (χ2n) is 4.11. The van der Waals surface area contributed by atoms with Crippen LogP contribution in [0.15, 0.2) is 5.38 Å². The molecule has 1 rings (SSSR count). The molecule has 0 spiro atoms. The van der Waals surface area contributed by atoms with Gasteiger partial charge in [-0.2, -0.15) is 0 Å². The zero-order chi connectivity index (χ0) is 13.1. The molecule has 0 aliphatic heterocycles. The number of hydrogen-bond acceptors (Lipinski definition) is 5. The quantitative estimate of drug-likeness (QED) is 0.844. The highest BCUT2D eigenvalue weighted by Gasteiger charge is 2.31. The first-order chi connectivity index (χ1) is 7.92. The highest BCUT2D eigenvalue weighted by molar-refractivity contribution is 7.13. The Balaban J connectivity index is 2.74. The van der Waals surface area contributed by atoms with Gasteiger partial charge in [0.05, 0.1) is 5.69 Å². The molecule has 96 valence electrons. The minimum Gasteiger partial charge on any atom is -0.369 e. The fraction of sp³-hybridized carbons (Fsp3) is 0.636. The van der Waals surface area contributed by atoms with Gasteiger partial charge in [-0.05, 0) is 20.3 Å². The Morgan fingerprint density at radius 2 is 2.41 bits per heavy atom. The lowest BCUT2D eigenvalue weighted by Gasteiger charge is -2.24. The van der Waals surface area contributed by atoms with Crippen LogP contribution in [-0.4, -0.2) is 23.6 Å². The first-order valence-corrected chi connectivity index (χ1v) is 6.38. The van der Waals surface area contributed by atoms with Crippen LogP contribution in [0, 0.1) is 0 Å². The van der Waals surface area contributed by atoms with Crippen LogP contribution in [0.5, 0.6) is 0 Å². The first kappa shape index (κ1) is 14.1. The Morgan fingerprint density at radius 3 is 2.82 bits per heavy atom. The van der Waals surface area contributed by atoms with Gasteiger partial charge >= 0.3 is 0 Å². The molecule has 2 unspecified atom stereocenters. The number of nitrogens with zero attached hydrogens (tertiary/aromatic N) is 1. The van der Waals surface area contributed by atoms with Gasteiger partial charge < -0.3 is 10.5 Å². The molecule has 1 aromatic rings. The molecule has 0 aromatic carbocycles. The fourth-order valence-corrected chi connectivity index (χ4v) is 1.99. The fourth-order valence-electron chi connectivity index (χ4n) is 1.18. The molecular weight excluding hydrogens is 238 g/mol. The van der Waals surface area contributed by atoms with Crippen LogP contribution >= 0.6 is 11.3 Å². The van der Waals surface area contributed by atoms with Crippen molar-refractivity contribution in [2.75, 3.05) is 12.4 Å². The van der Waals surface area contributed by atoms with Gasteiger partial charge in [-0.3, -0.25) is 10.1 Å². The number of methoxy groups -OCH3 is 1. The number of aromatic nitrogens is 1. The van der Waals surface area contributed by atoms with E-state index in [4.69, 9.17) is 10.5 Å². The molecule has 6 heteroatoms. The highest BCUT2D eigenvalue weighted by Crippen LogP contribution is 2.22. The number of carbonyl (C=O) groups excluding carboxylic acids is 1. The lowest BCUT2D eigenvalue weighted by molar-refractivity contribution is -0.136. The molecule has 0 bridgehead atoms. The third-order valence-electron chi connectivity index (χ3n) is 2.81. The van der Waals surface area contributed by atoms with Gasteiger partial charge in [0.1, 0.15) is 5.60 Å². The van der Waals surface area contributed by atoms with Crippen molar-refractivity contribution in [2.45, 2.75) is 38.8 Å². The third kappa shape index (κ3) is 3.24. The van der Waals surface area contributed by atoms with Crippen LogP contribution in [0.3, 0.4) is 0 Å². The zero-order valence-electron chi connectivity index (χ0n) is 10.6. The zero-order valence-corrected chi connectivity index (χ0v) is 11.4. The van der Waals surface area contributed by atoms with E-state index in [-0.39, 0.29) is 11.9 Å². The number of carbonyl (C=O) groups is 1. The van der Waals surface area contributed by atoms with Gasteiger partial charge in [0.15, 0.2) is 5.13 Å². The molecule has 2 atom stereocenters. The van der Waals surface area contributed by atoms with E-state index in [2.05, 4.69) is 10.3 Å². The van der Waals surface area contributed by atoms with Gasteiger partial charge in [0, 0.05) is 18.5 Å². The summed E-state index contributed by atoms with van der Waals surface area (Å²) in [6, 6.07) is -0.128. The average molecular weight is 257 g/mol. The largest absolute Gasteiger partial charge is 0.369 e. The lowest BCUT2D eigenvalue weighted by Crippen LogP contribution is -2.41. The highest BCUT2D eigenvalue weighted by atomic mass is 32.1. The summed E-state index contributed by atoms with van der Waals surface area (Å²) in [5.74, 6) is -0.187. The van der Waals surface area contributed by atoms with Crippen LogP contribution < -0.4 is 11.1 Å². The minimum atomic E-state index is -0.819. The van der Waals surface area contributed by atoms with E-state index < -0.39 is 5.60 Å². The summed E-state index contributed by atoms with van der Waals surface area (Å²) in [6.07, 6.45) is 0.598. The lowest BCUT2D eigenvalue weighted by atomic mass is 10.0. The third-order valence-corrected chi connectivity index (χ3v) is 3.59. The van der Waals surface area contributed by atoms with Crippen molar-refractivity contribution in [3.05, 3.63) is 11.1 Å². The number of nitrogens with two attached hydrogens (primary N) is 1. The van der Waals surface area contributed by atoms with Crippen molar-refractivity contribution in [2.24, 2.45) is 5.73 Å². The van der Waals surface area contributed by atoms with Crippen LogP contribution in [-0.2, 0) is 9.53 Å². The Kier molecular flexibility index (Phi) is 4.62. The predicted molar refractivity (Wildman–Crippen MR) is 69.1 cm³/mol. The number of anilines is 1. The van der Waals surface area contributed by atoms with E-state index in [0.29, 0.717) is 11.6 Å². The van der Waals surface area contributed by atoms with Crippen LogP contribution in [0.25, 0.3) is 0 Å². The molecule has 0 fully saturated rings. The number of ether oxygens (including phenoxy) is 1. The molecule has 1 heterocycles. The van der Waals surface area contributed by atoms with E-state index >= 15 is 0 Å². The van der Waals surface area contributed by atoms with Crippen LogP contribution in [0.2, 0.25) is 0 Å². The van der Waals surface area contributed by atoms with Gasteiger partial charge in [0.2, 0.25) is 0 Å². The minimum absolute atomic E-state index is 0.128. The van der Waals surface area contributed by atoms with Crippen molar-refractivity contribution in [3.8, 4) is 0 Å². The SMILES string of the molecule is CCC(C)(OC)C(=O)Nc1nc(C(C)N)cs1. The van der Waals surface area contributed by atoms with Gasteiger partial charge in [-0.25, -0.2) is 4.98 Å². The van der Waals surface area contributed by atoms with Crippen molar-refractivity contribution in [3.63, 3.8) is 0 Å². The number of rotatable bonds is 5. The van der Waals surface area contributed by atoms with E-state index in [1.54, 1.807) is 6.92 Å². The van der Waals surface area contributed by atoms with Gasteiger partial charge in [-0.1, -0.05) is 6.92 Å². The summed E-state index contributed by atoms with van der Waals surface area (Å²) in [4.78, 5) is 16.2. The van der Waals surface area contributed by atoms with E-state index in [1.165, 1.54) is 18.4 Å². The molecule has 0 saturated carbocycles. The van der Waals surface area contributed by atoms with Crippen molar-refractivity contribution < 1.29 is 9.53 Å². The Bertz CT molecular complexity index is 386. The summed E-state index contributed by atoms with van der Waals surface area (Å²) in [5.41, 5.74) is 5.66. The number of thiazole rings is 1. The van der Waals surface area contributed by atoms with E-state index in [9.17, 15) is 4.79 Å². The van der Waals surface area contributed by atoms with Gasteiger partial charge in [-0.15, -0.1) is 11.3 Å². The second kappa shape index (κ2) is 5.57. The standard InChI is InChI=1S/C11H19N3O2S/c1-5-11(3,16-4)9(15)14-10-13-8(6-17-10)7(2)12/h6-7H,5,12H2,1-4H3,(H,13,14,15).